The molecule has 104 valence electrons. The van der Waals surface area contributed by atoms with Crippen LogP contribution in [0.5, 0.6) is 0 Å². The van der Waals surface area contributed by atoms with Crippen LogP contribution in [0.1, 0.15) is 24.1 Å². The van der Waals surface area contributed by atoms with Gasteiger partial charge in [-0.1, -0.05) is 23.7 Å². The summed E-state index contributed by atoms with van der Waals surface area (Å²) < 4.78 is 0. The highest BCUT2D eigenvalue weighted by Gasteiger charge is 2.10. The molecule has 1 unspecified atom stereocenters. The summed E-state index contributed by atoms with van der Waals surface area (Å²) in [5.41, 5.74) is 2.94. The predicted octanol–water partition coefficient (Wildman–Crippen LogP) is 4.73. The van der Waals surface area contributed by atoms with Crippen LogP contribution < -0.4 is 5.32 Å². The Morgan fingerprint density at radius 1 is 1.20 bits per heavy atom. The number of rotatable bonds is 4. The lowest BCUT2D eigenvalue weighted by molar-refractivity contribution is -0.384. The lowest BCUT2D eigenvalue weighted by Crippen LogP contribution is -2.07. The summed E-state index contributed by atoms with van der Waals surface area (Å²) in [4.78, 5) is 10.3. The minimum atomic E-state index is -0.389. The summed E-state index contributed by atoms with van der Waals surface area (Å²) >= 11 is 5.86. The van der Waals surface area contributed by atoms with Gasteiger partial charge in [0.2, 0.25) is 0 Å². The maximum absolute atomic E-state index is 10.7. The number of hydrogen-bond acceptors (Lipinski definition) is 3. The second-order valence-electron chi connectivity index (χ2n) is 4.67. The summed E-state index contributed by atoms with van der Waals surface area (Å²) in [6, 6.07) is 12.5. The Kier molecular flexibility index (Phi) is 4.25. The van der Waals surface area contributed by atoms with Crippen LogP contribution in [0.4, 0.5) is 11.4 Å². The van der Waals surface area contributed by atoms with Gasteiger partial charge in [0.05, 0.1) is 4.92 Å². The summed E-state index contributed by atoms with van der Waals surface area (Å²) in [5, 5.41) is 14.8. The van der Waals surface area contributed by atoms with E-state index in [1.165, 1.54) is 6.07 Å². The van der Waals surface area contributed by atoms with Gasteiger partial charge in [0, 0.05) is 28.9 Å². The molecule has 20 heavy (non-hydrogen) atoms. The maximum atomic E-state index is 10.7. The molecular weight excluding hydrogens is 276 g/mol. The van der Waals surface area contributed by atoms with Crippen LogP contribution in [-0.4, -0.2) is 4.92 Å². The van der Waals surface area contributed by atoms with E-state index < -0.39 is 0 Å². The minimum Gasteiger partial charge on any atom is -0.378 e. The van der Waals surface area contributed by atoms with Gasteiger partial charge in [0.25, 0.3) is 5.69 Å². The number of aryl methyl sites for hydroxylation is 1. The van der Waals surface area contributed by atoms with Crippen LogP contribution in [0.2, 0.25) is 5.02 Å². The molecule has 2 aromatic rings. The Labute approximate surface area is 122 Å². The van der Waals surface area contributed by atoms with Crippen molar-refractivity contribution in [2.24, 2.45) is 0 Å². The Morgan fingerprint density at radius 3 is 2.40 bits per heavy atom. The van der Waals surface area contributed by atoms with E-state index in [0.29, 0.717) is 5.02 Å². The summed E-state index contributed by atoms with van der Waals surface area (Å²) in [5.74, 6) is 0. The molecule has 0 saturated carbocycles. The third kappa shape index (κ3) is 3.27. The highest BCUT2D eigenvalue weighted by Crippen LogP contribution is 2.26. The van der Waals surface area contributed by atoms with Crippen LogP contribution in [0.3, 0.4) is 0 Å². The zero-order valence-corrected chi connectivity index (χ0v) is 12.0. The van der Waals surface area contributed by atoms with E-state index in [1.807, 2.05) is 38.1 Å². The maximum Gasteiger partial charge on any atom is 0.269 e. The summed E-state index contributed by atoms with van der Waals surface area (Å²) in [7, 11) is 0. The monoisotopic (exact) mass is 290 g/mol. The van der Waals surface area contributed by atoms with Crippen molar-refractivity contribution in [3.8, 4) is 0 Å². The number of benzene rings is 2. The summed E-state index contributed by atoms with van der Waals surface area (Å²) in [6.07, 6.45) is 0. The molecule has 0 amide bonds. The molecule has 0 bridgehead atoms. The first-order valence-corrected chi connectivity index (χ1v) is 6.62. The van der Waals surface area contributed by atoms with E-state index in [9.17, 15) is 10.1 Å². The second-order valence-corrected chi connectivity index (χ2v) is 5.11. The van der Waals surface area contributed by atoms with Crippen molar-refractivity contribution in [2.45, 2.75) is 19.9 Å². The first-order chi connectivity index (χ1) is 9.47. The van der Waals surface area contributed by atoms with Gasteiger partial charge < -0.3 is 5.32 Å². The van der Waals surface area contributed by atoms with Crippen molar-refractivity contribution >= 4 is 23.0 Å². The van der Waals surface area contributed by atoms with Gasteiger partial charge in [0.1, 0.15) is 0 Å². The topological polar surface area (TPSA) is 55.2 Å². The number of halogens is 1. The molecule has 0 radical (unpaired) electrons. The number of nitro groups is 1. The van der Waals surface area contributed by atoms with Crippen LogP contribution in [-0.2, 0) is 0 Å². The fourth-order valence-corrected chi connectivity index (χ4v) is 2.12. The van der Waals surface area contributed by atoms with E-state index in [0.717, 1.165) is 16.8 Å². The van der Waals surface area contributed by atoms with Gasteiger partial charge in [-0.05, 0) is 43.2 Å². The smallest absolute Gasteiger partial charge is 0.269 e. The standard InChI is InChI=1S/C15H15ClN2O2/c1-10-9-14(18(19)20)7-8-15(10)17-11(2)12-3-5-13(16)6-4-12/h3-9,11,17H,1-2H3. The lowest BCUT2D eigenvalue weighted by Gasteiger charge is -2.17. The molecule has 0 spiro atoms. The molecule has 0 aliphatic heterocycles. The molecule has 0 heterocycles. The second kappa shape index (κ2) is 5.92. The molecule has 1 atom stereocenters. The zero-order chi connectivity index (χ0) is 14.7. The predicted molar refractivity (Wildman–Crippen MR) is 81.3 cm³/mol. The largest absolute Gasteiger partial charge is 0.378 e. The first kappa shape index (κ1) is 14.3. The number of nitrogens with zero attached hydrogens (tertiary/aromatic N) is 1. The molecule has 0 aliphatic carbocycles. The SMILES string of the molecule is Cc1cc([N+](=O)[O-])ccc1NC(C)c1ccc(Cl)cc1. The van der Waals surface area contributed by atoms with E-state index >= 15 is 0 Å². The molecular formula is C15H15ClN2O2. The Balaban J connectivity index is 2.17. The van der Waals surface area contributed by atoms with Gasteiger partial charge in [-0.3, -0.25) is 10.1 Å². The lowest BCUT2D eigenvalue weighted by atomic mass is 10.1. The normalized spacial score (nSPS) is 11.9. The molecule has 0 aromatic heterocycles. The fraction of sp³-hybridized carbons (Fsp3) is 0.200. The quantitative estimate of drug-likeness (QED) is 0.654. The molecule has 2 rings (SSSR count). The minimum absolute atomic E-state index is 0.0902. The molecule has 0 fully saturated rings. The van der Waals surface area contributed by atoms with Crippen LogP contribution in [0.25, 0.3) is 0 Å². The van der Waals surface area contributed by atoms with Crippen LogP contribution >= 0.6 is 11.6 Å². The Morgan fingerprint density at radius 2 is 1.85 bits per heavy atom. The summed E-state index contributed by atoms with van der Waals surface area (Å²) in [6.45, 7) is 3.88. The van der Waals surface area contributed by atoms with Crippen molar-refractivity contribution in [2.75, 3.05) is 5.32 Å². The van der Waals surface area contributed by atoms with Crippen molar-refractivity contribution in [3.63, 3.8) is 0 Å². The van der Waals surface area contributed by atoms with Crippen LogP contribution in [0.15, 0.2) is 42.5 Å². The van der Waals surface area contributed by atoms with E-state index in [1.54, 1.807) is 12.1 Å². The molecule has 2 aromatic carbocycles. The van der Waals surface area contributed by atoms with Gasteiger partial charge in [-0.15, -0.1) is 0 Å². The number of non-ortho nitro benzene ring substituents is 1. The first-order valence-electron chi connectivity index (χ1n) is 6.24. The highest BCUT2D eigenvalue weighted by atomic mass is 35.5. The van der Waals surface area contributed by atoms with Crippen molar-refractivity contribution < 1.29 is 4.92 Å². The Bertz CT molecular complexity index is 626. The zero-order valence-electron chi connectivity index (χ0n) is 11.3. The van der Waals surface area contributed by atoms with Gasteiger partial charge in [-0.25, -0.2) is 0 Å². The molecule has 5 heteroatoms. The van der Waals surface area contributed by atoms with Crippen molar-refractivity contribution in [1.82, 2.24) is 0 Å². The number of hydrogen-bond donors (Lipinski definition) is 1. The van der Waals surface area contributed by atoms with Crippen LogP contribution in [0, 0.1) is 17.0 Å². The molecule has 1 N–H and O–H groups in total. The van der Waals surface area contributed by atoms with E-state index in [4.69, 9.17) is 11.6 Å². The molecule has 0 aliphatic rings. The molecule has 4 nitrogen and oxygen atoms in total. The van der Waals surface area contributed by atoms with E-state index in [2.05, 4.69) is 5.32 Å². The molecule has 0 saturated heterocycles. The van der Waals surface area contributed by atoms with Crippen molar-refractivity contribution in [1.29, 1.82) is 0 Å². The van der Waals surface area contributed by atoms with Gasteiger partial charge in [-0.2, -0.15) is 0 Å². The third-order valence-electron chi connectivity index (χ3n) is 3.16. The van der Waals surface area contributed by atoms with Gasteiger partial charge >= 0.3 is 0 Å². The number of anilines is 1. The highest BCUT2D eigenvalue weighted by molar-refractivity contribution is 6.30. The van der Waals surface area contributed by atoms with Gasteiger partial charge in [0.15, 0.2) is 0 Å². The third-order valence-corrected chi connectivity index (χ3v) is 3.41. The average molecular weight is 291 g/mol. The number of nitro benzene ring substituents is 1. The Hall–Kier alpha value is -2.07. The fourth-order valence-electron chi connectivity index (χ4n) is 1.99. The van der Waals surface area contributed by atoms with Crippen molar-refractivity contribution in [3.05, 3.63) is 68.7 Å². The van der Waals surface area contributed by atoms with E-state index in [-0.39, 0.29) is 16.7 Å². The number of nitrogens with one attached hydrogen (secondary N) is 1. The average Bonchev–Trinajstić information content (AvgIpc) is 2.41.